The van der Waals surface area contributed by atoms with E-state index in [1.165, 1.54) is 18.4 Å². The predicted molar refractivity (Wildman–Crippen MR) is 96.2 cm³/mol. The summed E-state index contributed by atoms with van der Waals surface area (Å²) in [5.41, 5.74) is 3.04. The molecule has 0 unspecified atom stereocenters. The quantitative estimate of drug-likeness (QED) is 0.712. The summed E-state index contributed by atoms with van der Waals surface area (Å²) in [7, 11) is 0. The van der Waals surface area contributed by atoms with Crippen LogP contribution in [0.5, 0.6) is 0 Å². The van der Waals surface area contributed by atoms with Gasteiger partial charge in [0.05, 0.1) is 0 Å². The van der Waals surface area contributed by atoms with Crippen LogP contribution in [0.15, 0.2) is 54.6 Å². The number of amides is 1. The molecule has 2 aromatic rings. The number of hydrogen-bond donors (Lipinski definition) is 1. The Hall–Kier alpha value is -2.13. The second-order valence-electron chi connectivity index (χ2n) is 6.45. The van der Waals surface area contributed by atoms with Gasteiger partial charge in [-0.05, 0) is 48.8 Å². The van der Waals surface area contributed by atoms with E-state index in [0.717, 1.165) is 43.1 Å². The molecule has 1 fully saturated rings. The molecule has 126 valence electrons. The molecule has 0 saturated heterocycles. The number of ether oxygens (including phenoxy) is 1. The molecule has 0 radical (unpaired) electrons. The van der Waals surface area contributed by atoms with E-state index in [9.17, 15) is 4.79 Å². The van der Waals surface area contributed by atoms with Gasteiger partial charge in [-0.15, -0.1) is 0 Å². The summed E-state index contributed by atoms with van der Waals surface area (Å²) in [6.07, 6.45) is 4.26. The first-order chi connectivity index (χ1) is 11.8. The van der Waals surface area contributed by atoms with Crippen molar-refractivity contribution in [3.63, 3.8) is 0 Å². The molecule has 0 atom stereocenters. The molecule has 0 aliphatic heterocycles. The van der Waals surface area contributed by atoms with Gasteiger partial charge in [-0.25, -0.2) is 0 Å². The summed E-state index contributed by atoms with van der Waals surface area (Å²) in [6.45, 7) is 2.26. The number of benzene rings is 2. The Bertz CT molecular complexity index is 650. The molecule has 3 nitrogen and oxygen atoms in total. The minimum Gasteiger partial charge on any atom is -0.381 e. The average molecular weight is 323 g/mol. The van der Waals surface area contributed by atoms with Crippen molar-refractivity contribution in [2.24, 2.45) is 5.92 Å². The third-order valence-corrected chi connectivity index (χ3v) is 4.30. The number of rotatable bonds is 9. The van der Waals surface area contributed by atoms with Crippen LogP contribution in [0.3, 0.4) is 0 Å². The van der Waals surface area contributed by atoms with E-state index in [-0.39, 0.29) is 5.91 Å². The van der Waals surface area contributed by atoms with Crippen molar-refractivity contribution in [1.82, 2.24) is 5.32 Å². The van der Waals surface area contributed by atoms with Crippen molar-refractivity contribution in [3.8, 4) is 0 Å². The lowest BCUT2D eigenvalue weighted by atomic mass is 9.99. The average Bonchev–Trinajstić information content (AvgIpc) is 3.43. The monoisotopic (exact) mass is 323 g/mol. The van der Waals surface area contributed by atoms with E-state index in [4.69, 9.17) is 4.74 Å². The number of carbonyl (C=O) groups is 1. The van der Waals surface area contributed by atoms with Crippen LogP contribution in [0.25, 0.3) is 0 Å². The van der Waals surface area contributed by atoms with Gasteiger partial charge >= 0.3 is 0 Å². The van der Waals surface area contributed by atoms with Crippen molar-refractivity contribution < 1.29 is 9.53 Å². The Morgan fingerprint density at radius 2 is 1.79 bits per heavy atom. The molecule has 0 aromatic heterocycles. The highest BCUT2D eigenvalue weighted by molar-refractivity contribution is 5.95. The molecule has 1 amide bonds. The highest BCUT2D eigenvalue weighted by atomic mass is 16.5. The molecule has 3 rings (SSSR count). The third kappa shape index (κ3) is 5.20. The highest BCUT2D eigenvalue weighted by Gasteiger charge is 2.20. The van der Waals surface area contributed by atoms with Gasteiger partial charge in [0.15, 0.2) is 0 Å². The van der Waals surface area contributed by atoms with Crippen LogP contribution in [0.1, 0.15) is 40.7 Å². The van der Waals surface area contributed by atoms with Gasteiger partial charge in [-0.1, -0.05) is 48.5 Å². The molecule has 1 saturated carbocycles. The smallest absolute Gasteiger partial charge is 0.251 e. The van der Waals surface area contributed by atoms with Crippen molar-refractivity contribution in [2.75, 3.05) is 19.8 Å². The Balaban J connectivity index is 1.48. The Morgan fingerprint density at radius 1 is 1.04 bits per heavy atom. The standard InChI is InChI=1S/C21H25NO2/c23-21(22-13-6-14-24-16-18-11-12-18)20-10-5-4-9-19(20)15-17-7-2-1-3-8-17/h1-5,7-10,18H,6,11-16H2,(H,22,23). The van der Waals surface area contributed by atoms with E-state index < -0.39 is 0 Å². The molecule has 0 bridgehead atoms. The molecule has 0 heterocycles. The topological polar surface area (TPSA) is 38.3 Å². The molecule has 2 aromatic carbocycles. The summed E-state index contributed by atoms with van der Waals surface area (Å²) in [5, 5.41) is 3.01. The molecule has 1 aliphatic rings. The second-order valence-corrected chi connectivity index (χ2v) is 6.45. The highest BCUT2D eigenvalue weighted by Crippen LogP contribution is 2.28. The number of carbonyl (C=O) groups excluding carboxylic acids is 1. The van der Waals surface area contributed by atoms with Crippen LogP contribution in [-0.2, 0) is 11.2 Å². The first-order valence-corrected chi connectivity index (χ1v) is 8.80. The molecular weight excluding hydrogens is 298 g/mol. The lowest BCUT2D eigenvalue weighted by molar-refractivity contribution is 0.0936. The van der Waals surface area contributed by atoms with Crippen LogP contribution in [-0.4, -0.2) is 25.7 Å². The molecule has 0 spiro atoms. The summed E-state index contributed by atoms with van der Waals surface area (Å²) in [4.78, 5) is 12.5. The van der Waals surface area contributed by atoms with E-state index in [0.29, 0.717) is 6.54 Å². The molecule has 1 aliphatic carbocycles. The zero-order valence-corrected chi connectivity index (χ0v) is 14.0. The predicted octanol–water partition coefficient (Wildman–Crippen LogP) is 3.82. The largest absolute Gasteiger partial charge is 0.381 e. The van der Waals surface area contributed by atoms with Crippen LogP contribution in [0.2, 0.25) is 0 Å². The van der Waals surface area contributed by atoms with Crippen molar-refractivity contribution in [2.45, 2.75) is 25.7 Å². The fourth-order valence-corrected chi connectivity index (χ4v) is 2.72. The van der Waals surface area contributed by atoms with E-state index in [2.05, 4.69) is 17.4 Å². The van der Waals surface area contributed by atoms with Crippen molar-refractivity contribution in [3.05, 3.63) is 71.3 Å². The summed E-state index contributed by atoms with van der Waals surface area (Å²) < 4.78 is 5.60. The van der Waals surface area contributed by atoms with Crippen molar-refractivity contribution >= 4 is 5.91 Å². The Labute approximate surface area is 144 Å². The van der Waals surface area contributed by atoms with Gasteiger partial charge in [0.2, 0.25) is 0 Å². The van der Waals surface area contributed by atoms with Crippen molar-refractivity contribution in [1.29, 1.82) is 0 Å². The minimum absolute atomic E-state index is 0.00345. The van der Waals surface area contributed by atoms with Gasteiger partial charge in [-0.3, -0.25) is 4.79 Å². The van der Waals surface area contributed by atoms with E-state index in [1.54, 1.807) is 0 Å². The maximum Gasteiger partial charge on any atom is 0.251 e. The zero-order valence-electron chi connectivity index (χ0n) is 14.0. The van der Waals surface area contributed by atoms with Gasteiger partial charge < -0.3 is 10.1 Å². The Morgan fingerprint density at radius 3 is 2.58 bits per heavy atom. The van der Waals surface area contributed by atoms with Crippen LogP contribution >= 0.6 is 0 Å². The Kier molecular flexibility index (Phi) is 6.02. The maximum atomic E-state index is 12.5. The fraction of sp³-hybridized carbons (Fsp3) is 0.381. The maximum absolute atomic E-state index is 12.5. The van der Waals surface area contributed by atoms with Gasteiger partial charge in [0.25, 0.3) is 5.91 Å². The molecule has 24 heavy (non-hydrogen) atoms. The summed E-state index contributed by atoms with van der Waals surface area (Å²) in [5.74, 6) is 0.799. The summed E-state index contributed by atoms with van der Waals surface area (Å²) in [6, 6.07) is 18.1. The molecule has 3 heteroatoms. The van der Waals surface area contributed by atoms with E-state index in [1.807, 2.05) is 42.5 Å². The van der Waals surface area contributed by atoms with Gasteiger partial charge in [0, 0.05) is 25.3 Å². The lowest BCUT2D eigenvalue weighted by Gasteiger charge is -2.10. The summed E-state index contributed by atoms with van der Waals surface area (Å²) >= 11 is 0. The van der Waals surface area contributed by atoms with Crippen LogP contribution in [0.4, 0.5) is 0 Å². The van der Waals surface area contributed by atoms with Gasteiger partial charge in [0.1, 0.15) is 0 Å². The lowest BCUT2D eigenvalue weighted by Crippen LogP contribution is -2.26. The van der Waals surface area contributed by atoms with Crippen LogP contribution < -0.4 is 5.32 Å². The SMILES string of the molecule is O=C(NCCCOCC1CC1)c1ccccc1Cc1ccccc1. The first kappa shape index (κ1) is 16.7. The van der Waals surface area contributed by atoms with Crippen LogP contribution in [0, 0.1) is 5.92 Å². The normalized spacial score (nSPS) is 13.7. The fourth-order valence-electron chi connectivity index (χ4n) is 2.72. The second kappa shape index (κ2) is 8.65. The van der Waals surface area contributed by atoms with Gasteiger partial charge in [-0.2, -0.15) is 0 Å². The molecule has 1 N–H and O–H groups in total. The molecular formula is C21H25NO2. The first-order valence-electron chi connectivity index (χ1n) is 8.80. The number of nitrogens with one attached hydrogen (secondary N) is 1. The zero-order chi connectivity index (χ0) is 16.6. The minimum atomic E-state index is 0.00345. The van der Waals surface area contributed by atoms with E-state index >= 15 is 0 Å². The number of hydrogen-bond acceptors (Lipinski definition) is 2. The third-order valence-electron chi connectivity index (χ3n) is 4.30.